The first kappa shape index (κ1) is 12.4. The molecule has 4 nitrogen and oxygen atoms in total. The Morgan fingerprint density at radius 2 is 1.75 bits per heavy atom. The van der Waals surface area contributed by atoms with Gasteiger partial charge in [0.25, 0.3) is 0 Å². The summed E-state index contributed by atoms with van der Waals surface area (Å²) in [5.41, 5.74) is 1.73. The first-order chi connectivity index (χ1) is 9.83. The van der Waals surface area contributed by atoms with Crippen LogP contribution in [0.2, 0.25) is 0 Å². The lowest BCUT2D eigenvalue weighted by Crippen LogP contribution is -2.15. The SMILES string of the molecule is O=c1nc(NCCc2ccccc2)c2ccccc2[nH]1. The molecule has 0 saturated heterocycles. The van der Waals surface area contributed by atoms with Crippen molar-refractivity contribution in [2.75, 3.05) is 11.9 Å². The summed E-state index contributed by atoms with van der Waals surface area (Å²) in [6.07, 6.45) is 0.893. The average Bonchev–Trinajstić information content (AvgIpc) is 2.48. The van der Waals surface area contributed by atoms with E-state index in [1.54, 1.807) is 0 Å². The summed E-state index contributed by atoms with van der Waals surface area (Å²) in [5, 5.41) is 4.18. The molecule has 3 rings (SSSR count). The Bertz CT molecular complexity index is 765. The number of nitrogens with one attached hydrogen (secondary N) is 2. The van der Waals surface area contributed by atoms with Gasteiger partial charge in [0, 0.05) is 11.9 Å². The zero-order valence-corrected chi connectivity index (χ0v) is 11.0. The number of H-pyrrole nitrogens is 1. The molecule has 0 aliphatic heterocycles. The smallest absolute Gasteiger partial charge is 0.347 e. The zero-order valence-electron chi connectivity index (χ0n) is 11.0. The van der Waals surface area contributed by atoms with Crippen LogP contribution in [-0.4, -0.2) is 16.5 Å². The predicted octanol–water partition coefficient (Wildman–Crippen LogP) is 2.58. The van der Waals surface area contributed by atoms with Crippen molar-refractivity contribution < 1.29 is 0 Å². The van der Waals surface area contributed by atoms with Crippen LogP contribution in [0.15, 0.2) is 59.4 Å². The van der Waals surface area contributed by atoms with Crippen LogP contribution in [0.4, 0.5) is 5.82 Å². The van der Waals surface area contributed by atoms with Crippen molar-refractivity contribution in [3.63, 3.8) is 0 Å². The van der Waals surface area contributed by atoms with Crippen LogP contribution in [0.3, 0.4) is 0 Å². The molecular formula is C16H15N3O. The molecule has 0 atom stereocenters. The van der Waals surface area contributed by atoms with E-state index in [2.05, 4.69) is 27.4 Å². The van der Waals surface area contributed by atoms with Gasteiger partial charge in [0.15, 0.2) is 0 Å². The van der Waals surface area contributed by atoms with Crippen LogP contribution in [-0.2, 0) is 6.42 Å². The summed E-state index contributed by atoms with van der Waals surface area (Å²) in [6, 6.07) is 17.9. The van der Waals surface area contributed by atoms with E-state index in [1.165, 1.54) is 5.56 Å². The van der Waals surface area contributed by atoms with Crippen molar-refractivity contribution in [2.24, 2.45) is 0 Å². The van der Waals surface area contributed by atoms with Crippen molar-refractivity contribution in [2.45, 2.75) is 6.42 Å². The van der Waals surface area contributed by atoms with Gasteiger partial charge in [-0.1, -0.05) is 42.5 Å². The Labute approximate surface area is 116 Å². The molecule has 0 aliphatic rings. The van der Waals surface area contributed by atoms with Gasteiger partial charge in [-0.25, -0.2) is 4.79 Å². The topological polar surface area (TPSA) is 57.8 Å². The van der Waals surface area contributed by atoms with Gasteiger partial charge in [-0.05, 0) is 24.1 Å². The Balaban J connectivity index is 1.79. The Hall–Kier alpha value is -2.62. The summed E-state index contributed by atoms with van der Waals surface area (Å²) >= 11 is 0. The Kier molecular flexibility index (Phi) is 3.46. The van der Waals surface area contributed by atoms with Gasteiger partial charge in [0.05, 0.1) is 5.52 Å². The molecule has 2 N–H and O–H groups in total. The molecule has 0 amide bonds. The number of rotatable bonds is 4. The molecule has 0 aliphatic carbocycles. The second kappa shape index (κ2) is 5.57. The van der Waals surface area contributed by atoms with Crippen LogP contribution in [0, 0.1) is 0 Å². The number of aromatic amines is 1. The Morgan fingerprint density at radius 3 is 2.60 bits per heavy atom. The van der Waals surface area contributed by atoms with E-state index in [-0.39, 0.29) is 5.69 Å². The van der Waals surface area contributed by atoms with Crippen LogP contribution < -0.4 is 11.0 Å². The standard InChI is InChI=1S/C16H15N3O/c20-16-18-14-9-5-4-8-13(14)15(19-16)17-11-10-12-6-2-1-3-7-12/h1-9H,10-11H2,(H2,17,18,19,20). The largest absolute Gasteiger partial charge is 0.369 e. The molecule has 0 bridgehead atoms. The van der Waals surface area contributed by atoms with Crippen LogP contribution in [0.25, 0.3) is 10.9 Å². The van der Waals surface area contributed by atoms with Gasteiger partial charge < -0.3 is 10.3 Å². The van der Waals surface area contributed by atoms with Crippen molar-refractivity contribution in [3.05, 3.63) is 70.6 Å². The highest BCUT2D eigenvalue weighted by Gasteiger charge is 2.03. The maximum absolute atomic E-state index is 11.5. The molecule has 1 heterocycles. The normalized spacial score (nSPS) is 10.6. The highest BCUT2D eigenvalue weighted by molar-refractivity contribution is 5.88. The van der Waals surface area contributed by atoms with Gasteiger partial charge >= 0.3 is 5.69 Å². The number of fused-ring (bicyclic) bond motifs is 1. The van der Waals surface area contributed by atoms with E-state index in [0.29, 0.717) is 5.82 Å². The zero-order chi connectivity index (χ0) is 13.8. The van der Waals surface area contributed by atoms with Crippen molar-refractivity contribution in [1.82, 2.24) is 9.97 Å². The van der Waals surface area contributed by atoms with Gasteiger partial charge in [-0.2, -0.15) is 4.98 Å². The first-order valence-electron chi connectivity index (χ1n) is 6.60. The molecule has 0 radical (unpaired) electrons. The number of aromatic nitrogens is 2. The molecule has 0 unspecified atom stereocenters. The van der Waals surface area contributed by atoms with E-state index in [9.17, 15) is 4.79 Å². The van der Waals surface area contributed by atoms with Crippen molar-refractivity contribution in [1.29, 1.82) is 0 Å². The molecular weight excluding hydrogens is 250 g/mol. The fourth-order valence-corrected chi connectivity index (χ4v) is 2.21. The molecule has 0 spiro atoms. The fourth-order valence-electron chi connectivity index (χ4n) is 2.21. The maximum atomic E-state index is 11.5. The lowest BCUT2D eigenvalue weighted by Gasteiger charge is -2.08. The summed E-state index contributed by atoms with van der Waals surface area (Å²) in [7, 11) is 0. The number of hydrogen-bond donors (Lipinski definition) is 2. The predicted molar refractivity (Wildman–Crippen MR) is 81.0 cm³/mol. The molecule has 20 heavy (non-hydrogen) atoms. The molecule has 0 saturated carbocycles. The summed E-state index contributed by atoms with van der Waals surface area (Å²) in [5.74, 6) is 0.639. The second-order valence-electron chi connectivity index (χ2n) is 4.60. The van der Waals surface area contributed by atoms with E-state index in [4.69, 9.17) is 0 Å². The molecule has 3 aromatic rings. The Morgan fingerprint density at radius 1 is 1.00 bits per heavy atom. The van der Waals surface area contributed by atoms with E-state index in [0.717, 1.165) is 23.9 Å². The van der Waals surface area contributed by atoms with Gasteiger partial charge in [-0.15, -0.1) is 0 Å². The van der Waals surface area contributed by atoms with Crippen molar-refractivity contribution >= 4 is 16.7 Å². The highest BCUT2D eigenvalue weighted by atomic mass is 16.1. The minimum Gasteiger partial charge on any atom is -0.369 e. The van der Waals surface area contributed by atoms with Crippen LogP contribution >= 0.6 is 0 Å². The summed E-state index contributed by atoms with van der Waals surface area (Å²) < 4.78 is 0. The monoisotopic (exact) mass is 265 g/mol. The maximum Gasteiger partial charge on any atom is 0.347 e. The molecule has 4 heteroatoms. The summed E-state index contributed by atoms with van der Waals surface area (Å²) in [4.78, 5) is 18.3. The minimum atomic E-state index is -0.328. The number of para-hydroxylation sites is 1. The fraction of sp³-hybridized carbons (Fsp3) is 0.125. The molecule has 0 fully saturated rings. The van der Waals surface area contributed by atoms with Gasteiger partial charge in [0.1, 0.15) is 5.82 Å². The third kappa shape index (κ3) is 2.69. The van der Waals surface area contributed by atoms with Crippen molar-refractivity contribution in [3.8, 4) is 0 Å². The van der Waals surface area contributed by atoms with Gasteiger partial charge in [-0.3, -0.25) is 0 Å². The number of anilines is 1. The van der Waals surface area contributed by atoms with E-state index in [1.807, 2.05) is 42.5 Å². The lowest BCUT2D eigenvalue weighted by atomic mass is 10.1. The van der Waals surface area contributed by atoms with Gasteiger partial charge in [0.2, 0.25) is 0 Å². The first-order valence-corrected chi connectivity index (χ1v) is 6.60. The second-order valence-corrected chi connectivity index (χ2v) is 4.60. The molecule has 1 aromatic heterocycles. The third-order valence-corrected chi connectivity index (χ3v) is 3.19. The number of nitrogens with zero attached hydrogens (tertiary/aromatic N) is 1. The molecule has 2 aromatic carbocycles. The number of benzene rings is 2. The third-order valence-electron chi connectivity index (χ3n) is 3.19. The van der Waals surface area contributed by atoms with E-state index >= 15 is 0 Å². The average molecular weight is 265 g/mol. The quantitative estimate of drug-likeness (QED) is 0.762. The minimum absolute atomic E-state index is 0.328. The molecule has 100 valence electrons. The summed E-state index contributed by atoms with van der Waals surface area (Å²) in [6.45, 7) is 0.741. The van der Waals surface area contributed by atoms with Crippen LogP contribution in [0.5, 0.6) is 0 Å². The van der Waals surface area contributed by atoms with E-state index < -0.39 is 0 Å². The highest BCUT2D eigenvalue weighted by Crippen LogP contribution is 2.16. The van der Waals surface area contributed by atoms with Crippen LogP contribution in [0.1, 0.15) is 5.56 Å². The lowest BCUT2D eigenvalue weighted by molar-refractivity contribution is 0.997. The number of hydrogen-bond acceptors (Lipinski definition) is 3.